The van der Waals surface area contributed by atoms with Crippen molar-refractivity contribution in [1.82, 2.24) is 9.03 Å². The molecule has 2 N–H and O–H groups in total. The number of sulfonamides is 2. The van der Waals surface area contributed by atoms with Gasteiger partial charge >= 0.3 is 0 Å². The Bertz CT molecular complexity index is 1090. The Balaban J connectivity index is 1.75. The van der Waals surface area contributed by atoms with E-state index < -0.39 is 26.0 Å². The fourth-order valence-electron chi connectivity index (χ4n) is 2.42. The maximum atomic E-state index is 12.5. The van der Waals surface area contributed by atoms with Crippen LogP contribution in [0.4, 0.5) is 5.69 Å². The quantitative estimate of drug-likeness (QED) is 0.703. The number of benzene rings is 2. The van der Waals surface area contributed by atoms with E-state index in [-0.39, 0.29) is 21.4 Å². The Morgan fingerprint density at radius 1 is 0.964 bits per heavy atom. The predicted molar refractivity (Wildman–Crippen MR) is 105 cm³/mol. The van der Waals surface area contributed by atoms with Gasteiger partial charge in [-0.25, -0.2) is 25.9 Å². The Labute approximate surface area is 164 Å². The van der Waals surface area contributed by atoms with E-state index in [0.717, 1.165) is 17.1 Å². The fraction of sp³-hybridized carbons (Fsp3) is 0.278. The van der Waals surface area contributed by atoms with Gasteiger partial charge in [-0.05, 0) is 55.3 Å². The van der Waals surface area contributed by atoms with E-state index >= 15 is 0 Å². The van der Waals surface area contributed by atoms with Crippen molar-refractivity contribution >= 4 is 31.6 Å². The second-order valence-corrected chi connectivity index (χ2v) is 10.6. The van der Waals surface area contributed by atoms with Crippen LogP contribution in [0.5, 0.6) is 0 Å². The van der Waals surface area contributed by atoms with E-state index in [9.17, 15) is 21.6 Å². The summed E-state index contributed by atoms with van der Waals surface area (Å²) in [5.74, 6) is -0.494. The average molecular weight is 424 g/mol. The van der Waals surface area contributed by atoms with E-state index in [1.807, 2.05) is 0 Å². The van der Waals surface area contributed by atoms with E-state index in [4.69, 9.17) is 0 Å². The summed E-state index contributed by atoms with van der Waals surface area (Å²) >= 11 is 0. The van der Waals surface area contributed by atoms with Gasteiger partial charge < -0.3 is 5.32 Å². The number of hydrogen-bond donors (Lipinski definition) is 2. The maximum Gasteiger partial charge on any atom is 0.255 e. The van der Waals surface area contributed by atoms with E-state index in [2.05, 4.69) is 10.0 Å². The Morgan fingerprint density at radius 2 is 1.61 bits per heavy atom. The van der Waals surface area contributed by atoms with Crippen LogP contribution in [-0.2, 0) is 20.0 Å². The smallest absolute Gasteiger partial charge is 0.255 e. The van der Waals surface area contributed by atoms with Crippen LogP contribution in [0.3, 0.4) is 0 Å². The summed E-state index contributed by atoms with van der Waals surface area (Å²) in [6.45, 7) is 0. The number of carbonyl (C=O) groups excluding carboxylic acids is 1. The molecule has 0 aromatic heterocycles. The molecular weight excluding hydrogens is 402 g/mol. The largest absolute Gasteiger partial charge is 0.322 e. The van der Waals surface area contributed by atoms with Gasteiger partial charge in [0.05, 0.1) is 9.79 Å². The standard InChI is InChI=1S/C18H21N3O5S2/c1-21(2)28(25,26)16-10-8-14(9-11-16)19-18(22)13-4-3-5-17(12-13)27(23,24)20-15-6-7-15/h3-5,8-12,15,20H,6-7H2,1-2H3,(H,19,22). The number of carbonyl (C=O) groups is 1. The third-order valence-corrected chi connectivity index (χ3v) is 7.54. The van der Waals surface area contributed by atoms with Gasteiger partial charge in [0.2, 0.25) is 20.0 Å². The van der Waals surface area contributed by atoms with Crippen molar-refractivity contribution in [3.8, 4) is 0 Å². The summed E-state index contributed by atoms with van der Waals surface area (Å²) in [5.41, 5.74) is 0.579. The van der Waals surface area contributed by atoms with Crippen LogP contribution in [0.2, 0.25) is 0 Å². The molecule has 10 heteroatoms. The molecule has 3 rings (SSSR count). The summed E-state index contributed by atoms with van der Waals surface area (Å²) in [4.78, 5) is 12.6. The molecular formula is C18H21N3O5S2. The SMILES string of the molecule is CN(C)S(=O)(=O)c1ccc(NC(=O)c2cccc(S(=O)(=O)NC3CC3)c2)cc1. The molecule has 0 bridgehead atoms. The van der Waals surface area contributed by atoms with Gasteiger partial charge in [-0.3, -0.25) is 4.79 Å². The van der Waals surface area contributed by atoms with Crippen LogP contribution in [0.15, 0.2) is 58.3 Å². The number of nitrogens with zero attached hydrogens (tertiary/aromatic N) is 1. The molecule has 1 aliphatic rings. The van der Waals surface area contributed by atoms with Crippen molar-refractivity contribution in [2.24, 2.45) is 0 Å². The van der Waals surface area contributed by atoms with Gasteiger partial charge in [0, 0.05) is 31.4 Å². The molecule has 28 heavy (non-hydrogen) atoms. The van der Waals surface area contributed by atoms with Crippen molar-refractivity contribution in [2.75, 3.05) is 19.4 Å². The van der Waals surface area contributed by atoms with Crippen molar-refractivity contribution < 1.29 is 21.6 Å². The first-order chi connectivity index (χ1) is 13.1. The van der Waals surface area contributed by atoms with Crippen LogP contribution in [0.1, 0.15) is 23.2 Å². The molecule has 1 amide bonds. The summed E-state index contributed by atoms with van der Waals surface area (Å²) in [6, 6.07) is 11.5. The second kappa shape index (κ2) is 7.63. The van der Waals surface area contributed by atoms with Gasteiger partial charge in [0.25, 0.3) is 5.91 Å². The fourth-order valence-corrected chi connectivity index (χ4v) is 4.67. The third-order valence-electron chi connectivity index (χ3n) is 4.20. The minimum Gasteiger partial charge on any atom is -0.322 e. The molecule has 1 fully saturated rings. The van der Waals surface area contributed by atoms with Crippen LogP contribution in [0, 0.1) is 0 Å². The first-order valence-electron chi connectivity index (χ1n) is 8.56. The maximum absolute atomic E-state index is 12.5. The van der Waals surface area contributed by atoms with Crippen LogP contribution in [-0.4, -0.2) is 47.2 Å². The van der Waals surface area contributed by atoms with Crippen molar-refractivity contribution in [3.63, 3.8) is 0 Å². The lowest BCUT2D eigenvalue weighted by Gasteiger charge is -2.12. The highest BCUT2D eigenvalue weighted by molar-refractivity contribution is 7.89. The monoisotopic (exact) mass is 423 g/mol. The van der Waals surface area contributed by atoms with Gasteiger partial charge in [-0.15, -0.1) is 0 Å². The molecule has 0 aliphatic heterocycles. The molecule has 1 aliphatic carbocycles. The predicted octanol–water partition coefficient (Wildman–Crippen LogP) is 1.63. The van der Waals surface area contributed by atoms with Crippen LogP contribution >= 0.6 is 0 Å². The lowest BCUT2D eigenvalue weighted by molar-refractivity contribution is 0.102. The van der Waals surface area contributed by atoms with Crippen LogP contribution in [0.25, 0.3) is 0 Å². The molecule has 0 heterocycles. The Hall–Kier alpha value is -2.27. The van der Waals surface area contributed by atoms with Gasteiger partial charge in [-0.2, -0.15) is 0 Å². The molecule has 0 atom stereocenters. The Morgan fingerprint density at radius 3 is 2.18 bits per heavy atom. The first kappa shape index (κ1) is 20.5. The second-order valence-electron chi connectivity index (χ2n) is 6.69. The summed E-state index contributed by atoms with van der Waals surface area (Å²) in [7, 11) is -4.34. The zero-order valence-electron chi connectivity index (χ0n) is 15.4. The van der Waals surface area contributed by atoms with Gasteiger partial charge in [0.1, 0.15) is 0 Å². The van der Waals surface area contributed by atoms with Crippen molar-refractivity contribution in [2.45, 2.75) is 28.7 Å². The summed E-state index contributed by atoms with van der Waals surface area (Å²) in [6.07, 6.45) is 1.64. The highest BCUT2D eigenvalue weighted by atomic mass is 32.2. The average Bonchev–Trinajstić information content (AvgIpc) is 3.45. The molecule has 2 aromatic rings. The molecule has 0 unspecified atom stereocenters. The molecule has 8 nitrogen and oxygen atoms in total. The molecule has 2 aromatic carbocycles. The Kier molecular flexibility index (Phi) is 5.57. The summed E-state index contributed by atoms with van der Waals surface area (Å²) in [5, 5.41) is 2.64. The zero-order chi connectivity index (χ0) is 20.5. The zero-order valence-corrected chi connectivity index (χ0v) is 17.0. The topological polar surface area (TPSA) is 113 Å². The minimum atomic E-state index is -3.66. The molecule has 0 spiro atoms. The van der Waals surface area contributed by atoms with Gasteiger partial charge in [-0.1, -0.05) is 6.07 Å². The molecule has 0 radical (unpaired) electrons. The lowest BCUT2D eigenvalue weighted by Crippen LogP contribution is -2.26. The van der Waals surface area contributed by atoms with E-state index in [1.54, 1.807) is 0 Å². The number of amides is 1. The minimum absolute atomic E-state index is 0.0273. The van der Waals surface area contributed by atoms with E-state index in [0.29, 0.717) is 5.69 Å². The van der Waals surface area contributed by atoms with Crippen molar-refractivity contribution in [1.29, 1.82) is 0 Å². The number of anilines is 1. The molecule has 150 valence electrons. The highest BCUT2D eigenvalue weighted by Gasteiger charge is 2.28. The van der Waals surface area contributed by atoms with E-state index in [1.165, 1.54) is 62.6 Å². The lowest BCUT2D eigenvalue weighted by atomic mass is 10.2. The highest BCUT2D eigenvalue weighted by Crippen LogP contribution is 2.23. The normalized spacial score (nSPS) is 14.8. The summed E-state index contributed by atoms with van der Waals surface area (Å²) < 4.78 is 52.4. The third kappa shape index (κ3) is 4.58. The number of rotatable bonds is 7. The van der Waals surface area contributed by atoms with Gasteiger partial charge in [0.15, 0.2) is 0 Å². The van der Waals surface area contributed by atoms with Crippen LogP contribution < -0.4 is 10.0 Å². The molecule has 1 saturated carbocycles. The first-order valence-corrected chi connectivity index (χ1v) is 11.5. The van der Waals surface area contributed by atoms with Crippen molar-refractivity contribution in [3.05, 3.63) is 54.1 Å². The number of hydrogen-bond acceptors (Lipinski definition) is 5. The number of nitrogens with one attached hydrogen (secondary N) is 2. The molecule has 0 saturated heterocycles.